The maximum absolute atomic E-state index is 11.2. The first-order valence-electron chi connectivity index (χ1n) is 6.85. The number of H-pyrrole nitrogens is 2. The van der Waals surface area contributed by atoms with E-state index in [0.29, 0.717) is 6.61 Å². The van der Waals surface area contributed by atoms with E-state index >= 15 is 0 Å². The van der Waals surface area contributed by atoms with Crippen LogP contribution in [0.5, 0.6) is 0 Å². The van der Waals surface area contributed by atoms with Gasteiger partial charge in [0.05, 0.1) is 23.7 Å². The van der Waals surface area contributed by atoms with Crippen molar-refractivity contribution in [2.24, 2.45) is 0 Å². The summed E-state index contributed by atoms with van der Waals surface area (Å²) in [5.41, 5.74) is 6.59. The van der Waals surface area contributed by atoms with Gasteiger partial charge in [-0.05, 0) is 30.2 Å². The van der Waals surface area contributed by atoms with Crippen LogP contribution in [0.1, 0.15) is 24.1 Å². The maximum Gasteiger partial charge on any atom is 0.323 e. The Bertz CT molecular complexity index is 777. The summed E-state index contributed by atoms with van der Waals surface area (Å²) in [4.78, 5) is 22.3. The third-order valence-corrected chi connectivity index (χ3v) is 3.38. The SMILES string of the molecule is CC(NOCc1ccccc1)c1ccc2[nH]c(=O)[nH]c2c1. The van der Waals surface area contributed by atoms with E-state index in [-0.39, 0.29) is 11.7 Å². The molecule has 1 atom stereocenters. The van der Waals surface area contributed by atoms with Crippen LogP contribution in [-0.4, -0.2) is 9.97 Å². The van der Waals surface area contributed by atoms with E-state index in [1.807, 2.05) is 55.5 Å². The van der Waals surface area contributed by atoms with E-state index in [4.69, 9.17) is 4.84 Å². The number of hydroxylamine groups is 1. The number of nitrogens with one attached hydrogen (secondary N) is 3. The molecular weight excluding hydrogens is 266 g/mol. The zero-order valence-electron chi connectivity index (χ0n) is 11.7. The van der Waals surface area contributed by atoms with E-state index in [0.717, 1.165) is 22.2 Å². The number of aromatic nitrogens is 2. The average molecular weight is 283 g/mol. The fourth-order valence-corrected chi connectivity index (χ4v) is 2.21. The highest BCUT2D eigenvalue weighted by Gasteiger charge is 2.07. The van der Waals surface area contributed by atoms with Crippen molar-refractivity contribution in [1.29, 1.82) is 0 Å². The number of hydrogen-bond donors (Lipinski definition) is 3. The molecule has 0 fully saturated rings. The van der Waals surface area contributed by atoms with Gasteiger partial charge in [0.2, 0.25) is 0 Å². The monoisotopic (exact) mass is 283 g/mol. The van der Waals surface area contributed by atoms with Crippen molar-refractivity contribution in [2.45, 2.75) is 19.6 Å². The normalized spacial score (nSPS) is 12.6. The summed E-state index contributed by atoms with van der Waals surface area (Å²) in [7, 11) is 0. The fourth-order valence-electron chi connectivity index (χ4n) is 2.21. The first-order chi connectivity index (χ1) is 10.2. The molecule has 0 bridgehead atoms. The van der Waals surface area contributed by atoms with Crippen LogP contribution in [-0.2, 0) is 11.4 Å². The van der Waals surface area contributed by atoms with E-state index in [9.17, 15) is 4.79 Å². The summed E-state index contributed by atoms with van der Waals surface area (Å²) in [6.45, 7) is 2.52. The van der Waals surface area contributed by atoms with E-state index in [1.165, 1.54) is 0 Å². The van der Waals surface area contributed by atoms with Gasteiger partial charge in [-0.3, -0.25) is 4.84 Å². The molecule has 0 aliphatic heterocycles. The molecule has 5 nitrogen and oxygen atoms in total. The van der Waals surface area contributed by atoms with Crippen LogP contribution in [0.4, 0.5) is 0 Å². The van der Waals surface area contributed by atoms with Gasteiger partial charge in [0.15, 0.2) is 0 Å². The van der Waals surface area contributed by atoms with Crippen LogP contribution in [0.15, 0.2) is 53.3 Å². The Morgan fingerprint density at radius 2 is 1.86 bits per heavy atom. The second-order valence-corrected chi connectivity index (χ2v) is 5.00. The Morgan fingerprint density at radius 3 is 2.67 bits per heavy atom. The summed E-state index contributed by atoms with van der Waals surface area (Å²) in [5, 5.41) is 0. The minimum Gasteiger partial charge on any atom is -0.306 e. The minimum atomic E-state index is -0.192. The first kappa shape index (κ1) is 13.6. The number of imidazole rings is 1. The molecule has 2 aromatic carbocycles. The van der Waals surface area contributed by atoms with Gasteiger partial charge >= 0.3 is 5.69 Å². The number of hydrogen-bond acceptors (Lipinski definition) is 3. The molecule has 5 heteroatoms. The van der Waals surface area contributed by atoms with Crippen molar-refractivity contribution in [3.05, 3.63) is 70.1 Å². The lowest BCUT2D eigenvalue weighted by atomic mass is 10.1. The summed E-state index contributed by atoms with van der Waals surface area (Å²) in [6, 6.07) is 15.8. The molecule has 108 valence electrons. The predicted octanol–water partition coefficient (Wildman–Crippen LogP) is 2.64. The number of aromatic amines is 2. The van der Waals surface area contributed by atoms with Crippen molar-refractivity contribution in [2.75, 3.05) is 0 Å². The van der Waals surface area contributed by atoms with E-state index in [1.54, 1.807) is 0 Å². The second-order valence-electron chi connectivity index (χ2n) is 5.00. The lowest BCUT2D eigenvalue weighted by Crippen LogP contribution is -2.18. The highest BCUT2D eigenvalue weighted by molar-refractivity contribution is 5.75. The summed E-state index contributed by atoms with van der Waals surface area (Å²) in [6.07, 6.45) is 0. The fraction of sp³-hybridized carbons (Fsp3) is 0.188. The third-order valence-electron chi connectivity index (χ3n) is 3.38. The topological polar surface area (TPSA) is 69.9 Å². The number of benzene rings is 2. The highest BCUT2D eigenvalue weighted by Crippen LogP contribution is 2.17. The second kappa shape index (κ2) is 5.95. The van der Waals surface area contributed by atoms with Gasteiger partial charge in [-0.25, -0.2) is 4.79 Å². The standard InChI is InChI=1S/C16H17N3O2/c1-11(19-21-10-12-5-3-2-4-6-12)13-7-8-14-15(9-13)18-16(20)17-14/h2-9,11,19H,10H2,1H3,(H2,17,18,20). The molecule has 21 heavy (non-hydrogen) atoms. The van der Waals surface area contributed by atoms with Crippen LogP contribution in [0.2, 0.25) is 0 Å². The summed E-state index contributed by atoms with van der Waals surface area (Å²) in [5.74, 6) is 0. The molecule has 0 saturated heterocycles. The molecule has 3 rings (SSSR count). The Hall–Kier alpha value is -2.37. The molecule has 1 aromatic heterocycles. The number of fused-ring (bicyclic) bond motifs is 1. The summed E-state index contributed by atoms with van der Waals surface area (Å²) >= 11 is 0. The van der Waals surface area contributed by atoms with Crippen LogP contribution in [0.3, 0.4) is 0 Å². The van der Waals surface area contributed by atoms with Crippen molar-refractivity contribution in [3.8, 4) is 0 Å². The average Bonchev–Trinajstić information content (AvgIpc) is 2.87. The van der Waals surface area contributed by atoms with Gasteiger partial charge in [-0.1, -0.05) is 36.4 Å². The van der Waals surface area contributed by atoms with Gasteiger partial charge in [0.1, 0.15) is 0 Å². The molecule has 0 aliphatic rings. The molecule has 0 saturated carbocycles. The molecule has 1 heterocycles. The van der Waals surface area contributed by atoms with Gasteiger partial charge < -0.3 is 9.97 Å². The molecule has 0 amide bonds. The number of rotatable bonds is 5. The van der Waals surface area contributed by atoms with E-state index < -0.39 is 0 Å². The molecular formula is C16H17N3O2. The van der Waals surface area contributed by atoms with E-state index in [2.05, 4.69) is 15.4 Å². The lowest BCUT2D eigenvalue weighted by Gasteiger charge is -2.14. The predicted molar refractivity (Wildman–Crippen MR) is 81.7 cm³/mol. The lowest BCUT2D eigenvalue weighted by molar-refractivity contribution is 0.00700. The molecule has 0 radical (unpaired) electrons. The van der Waals surface area contributed by atoms with Crippen molar-refractivity contribution < 1.29 is 4.84 Å². The van der Waals surface area contributed by atoms with Crippen molar-refractivity contribution in [1.82, 2.24) is 15.4 Å². The van der Waals surface area contributed by atoms with Gasteiger partial charge in [-0.2, -0.15) is 5.48 Å². The molecule has 0 aliphatic carbocycles. The molecule has 0 spiro atoms. The molecule has 3 N–H and O–H groups in total. The maximum atomic E-state index is 11.2. The quantitative estimate of drug-likeness (QED) is 0.630. The molecule has 1 unspecified atom stereocenters. The smallest absolute Gasteiger partial charge is 0.306 e. The summed E-state index contributed by atoms with van der Waals surface area (Å²) < 4.78 is 0. The van der Waals surface area contributed by atoms with Crippen LogP contribution >= 0.6 is 0 Å². The van der Waals surface area contributed by atoms with Crippen molar-refractivity contribution >= 4 is 11.0 Å². The Balaban J connectivity index is 1.63. The van der Waals surface area contributed by atoms with Gasteiger partial charge in [-0.15, -0.1) is 0 Å². The zero-order valence-corrected chi connectivity index (χ0v) is 11.7. The molecule has 3 aromatic rings. The highest BCUT2D eigenvalue weighted by atomic mass is 16.6. The largest absolute Gasteiger partial charge is 0.323 e. The Labute approximate surface area is 121 Å². The third kappa shape index (κ3) is 3.21. The Morgan fingerprint density at radius 1 is 1.10 bits per heavy atom. The zero-order chi connectivity index (χ0) is 14.7. The van der Waals surface area contributed by atoms with Gasteiger partial charge in [0.25, 0.3) is 0 Å². The van der Waals surface area contributed by atoms with Crippen LogP contribution < -0.4 is 11.2 Å². The minimum absolute atomic E-state index is 0.0246. The first-order valence-corrected chi connectivity index (χ1v) is 6.85. The van der Waals surface area contributed by atoms with Gasteiger partial charge in [0, 0.05) is 0 Å². The van der Waals surface area contributed by atoms with Crippen LogP contribution in [0.25, 0.3) is 11.0 Å². The van der Waals surface area contributed by atoms with Crippen molar-refractivity contribution in [3.63, 3.8) is 0 Å². The van der Waals surface area contributed by atoms with Crippen LogP contribution in [0, 0.1) is 0 Å². The Kier molecular flexibility index (Phi) is 3.85.